The number of amides is 1. The molecule has 0 aliphatic carbocycles. The van der Waals surface area contributed by atoms with Gasteiger partial charge in [0.2, 0.25) is 5.91 Å². The summed E-state index contributed by atoms with van der Waals surface area (Å²) in [4.78, 5) is 15.9. The first-order valence-electron chi connectivity index (χ1n) is 9.00. The molecular formula is C17H32N2O5. The summed E-state index contributed by atoms with van der Waals surface area (Å²) in [5.41, 5.74) is 0. The SMILES string of the molecule is CC(C)CC(=O)N1CCC(CN2C[C@H](O)[C@@H](O)[C@H](O)[C@H]2CO)CC1. The van der Waals surface area contributed by atoms with Crippen molar-refractivity contribution in [1.29, 1.82) is 0 Å². The van der Waals surface area contributed by atoms with E-state index in [4.69, 9.17) is 0 Å². The van der Waals surface area contributed by atoms with E-state index in [-0.39, 0.29) is 19.1 Å². The average Bonchev–Trinajstić information content (AvgIpc) is 2.53. The second-order valence-electron chi connectivity index (χ2n) is 7.67. The summed E-state index contributed by atoms with van der Waals surface area (Å²) >= 11 is 0. The lowest BCUT2D eigenvalue weighted by atomic mass is 9.90. The van der Waals surface area contributed by atoms with Crippen LogP contribution in [0.5, 0.6) is 0 Å². The molecule has 1 amide bonds. The third-order valence-electron chi connectivity index (χ3n) is 5.26. The Morgan fingerprint density at radius 3 is 2.29 bits per heavy atom. The fraction of sp³-hybridized carbons (Fsp3) is 0.941. The quantitative estimate of drug-likeness (QED) is 0.512. The summed E-state index contributed by atoms with van der Waals surface area (Å²) in [7, 11) is 0. The van der Waals surface area contributed by atoms with Crippen LogP contribution in [0, 0.1) is 11.8 Å². The molecule has 140 valence electrons. The lowest BCUT2D eigenvalue weighted by molar-refractivity contribution is -0.148. The van der Waals surface area contributed by atoms with Crippen molar-refractivity contribution in [3.8, 4) is 0 Å². The Kier molecular flexibility index (Phi) is 7.00. The van der Waals surface area contributed by atoms with Crippen molar-refractivity contribution in [2.75, 3.05) is 32.8 Å². The Balaban J connectivity index is 1.85. The van der Waals surface area contributed by atoms with Crippen LogP contribution in [0.15, 0.2) is 0 Å². The Hall–Kier alpha value is -0.730. The molecular weight excluding hydrogens is 312 g/mol. The van der Waals surface area contributed by atoms with Crippen LogP contribution in [0.25, 0.3) is 0 Å². The van der Waals surface area contributed by atoms with E-state index in [2.05, 4.69) is 0 Å². The Bertz CT molecular complexity index is 412. The number of carbonyl (C=O) groups is 1. The number of likely N-dealkylation sites (tertiary alicyclic amines) is 2. The molecule has 0 bridgehead atoms. The maximum Gasteiger partial charge on any atom is 0.222 e. The van der Waals surface area contributed by atoms with Crippen LogP contribution in [-0.4, -0.2) is 93.3 Å². The molecule has 0 unspecified atom stereocenters. The van der Waals surface area contributed by atoms with E-state index in [1.165, 1.54) is 0 Å². The van der Waals surface area contributed by atoms with Crippen LogP contribution in [-0.2, 0) is 4.79 Å². The summed E-state index contributed by atoms with van der Waals surface area (Å²) in [5, 5.41) is 39.2. The molecule has 4 atom stereocenters. The lowest BCUT2D eigenvalue weighted by Crippen LogP contribution is -2.63. The number of nitrogens with zero attached hydrogens (tertiary/aromatic N) is 2. The number of hydrogen-bond acceptors (Lipinski definition) is 6. The number of aliphatic hydroxyl groups is 4. The maximum atomic E-state index is 12.1. The van der Waals surface area contributed by atoms with Gasteiger partial charge in [-0.2, -0.15) is 0 Å². The van der Waals surface area contributed by atoms with Gasteiger partial charge in [-0.1, -0.05) is 13.8 Å². The molecule has 2 rings (SSSR count). The molecule has 2 aliphatic heterocycles. The highest BCUT2D eigenvalue weighted by atomic mass is 16.4. The molecule has 0 saturated carbocycles. The first kappa shape index (κ1) is 19.6. The van der Waals surface area contributed by atoms with E-state index in [1.807, 2.05) is 23.6 Å². The lowest BCUT2D eigenvalue weighted by Gasteiger charge is -2.45. The van der Waals surface area contributed by atoms with Crippen molar-refractivity contribution < 1.29 is 25.2 Å². The summed E-state index contributed by atoms with van der Waals surface area (Å²) in [6, 6.07) is -0.552. The van der Waals surface area contributed by atoms with Crippen molar-refractivity contribution in [2.45, 2.75) is 57.5 Å². The van der Waals surface area contributed by atoms with Gasteiger partial charge >= 0.3 is 0 Å². The molecule has 0 radical (unpaired) electrons. The zero-order valence-electron chi connectivity index (χ0n) is 14.7. The smallest absolute Gasteiger partial charge is 0.222 e. The number of rotatable bonds is 5. The van der Waals surface area contributed by atoms with Gasteiger partial charge in [-0.25, -0.2) is 0 Å². The molecule has 2 heterocycles. The molecule has 4 N–H and O–H groups in total. The minimum absolute atomic E-state index is 0.212. The molecule has 2 fully saturated rings. The minimum Gasteiger partial charge on any atom is -0.395 e. The van der Waals surface area contributed by atoms with E-state index in [9.17, 15) is 25.2 Å². The number of β-amino-alcohol motifs (C(OH)–C–C–N with tert-alkyl or cyclic N) is 1. The highest BCUT2D eigenvalue weighted by Crippen LogP contribution is 2.25. The minimum atomic E-state index is -1.21. The normalized spacial score (nSPS) is 33.2. The summed E-state index contributed by atoms with van der Waals surface area (Å²) in [6.45, 7) is 6.20. The fourth-order valence-electron chi connectivity index (χ4n) is 3.76. The first-order valence-corrected chi connectivity index (χ1v) is 9.00. The Labute approximate surface area is 143 Å². The van der Waals surface area contributed by atoms with E-state index in [0.29, 0.717) is 24.8 Å². The largest absolute Gasteiger partial charge is 0.395 e. The Morgan fingerprint density at radius 2 is 1.75 bits per heavy atom. The first-order chi connectivity index (χ1) is 11.3. The molecule has 0 aromatic rings. The van der Waals surface area contributed by atoms with Crippen LogP contribution >= 0.6 is 0 Å². The van der Waals surface area contributed by atoms with Crippen molar-refractivity contribution >= 4 is 5.91 Å². The monoisotopic (exact) mass is 344 g/mol. The van der Waals surface area contributed by atoms with Crippen LogP contribution in [0.2, 0.25) is 0 Å². The van der Waals surface area contributed by atoms with Gasteiger partial charge in [0.05, 0.1) is 18.8 Å². The molecule has 24 heavy (non-hydrogen) atoms. The fourth-order valence-corrected chi connectivity index (χ4v) is 3.76. The average molecular weight is 344 g/mol. The zero-order chi connectivity index (χ0) is 17.9. The van der Waals surface area contributed by atoms with Gasteiger partial charge in [-0.3, -0.25) is 9.69 Å². The summed E-state index contributed by atoms with van der Waals surface area (Å²) in [5.74, 6) is 0.934. The van der Waals surface area contributed by atoms with Crippen molar-refractivity contribution in [3.63, 3.8) is 0 Å². The zero-order valence-corrected chi connectivity index (χ0v) is 14.7. The van der Waals surface area contributed by atoms with Crippen LogP contribution in [0.3, 0.4) is 0 Å². The van der Waals surface area contributed by atoms with Gasteiger partial charge in [0.1, 0.15) is 12.2 Å². The highest BCUT2D eigenvalue weighted by molar-refractivity contribution is 5.76. The molecule has 2 aliphatic rings. The third kappa shape index (κ3) is 4.67. The van der Waals surface area contributed by atoms with E-state index in [1.54, 1.807) is 0 Å². The molecule has 7 nitrogen and oxygen atoms in total. The topological polar surface area (TPSA) is 104 Å². The van der Waals surface area contributed by atoms with E-state index < -0.39 is 24.4 Å². The standard InChI is InChI=1S/C17H32N2O5/c1-11(2)7-15(22)18-5-3-12(4-6-18)8-19-9-14(21)17(24)16(23)13(19)10-20/h11-14,16-17,20-21,23-24H,3-10H2,1-2H3/t13-,14+,16-,17-/m1/s1. The van der Waals surface area contributed by atoms with Crippen LogP contribution < -0.4 is 0 Å². The molecule has 0 spiro atoms. The molecule has 7 heteroatoms. The van der Waals surface area contributed by atoms with Crippen molar-refractivity contribution in [3.05, 3.63) is 0 Å². The van der Waals surface area contributed by atoms with Gasteiger partial charge in [0.15, 0.2) is 0 Å². The van der Waals surface area contributed by atoms with Gasteiger partial charge < -0.3 is 25.3 Å². The highest BCUT2D eigenvalue weighted by Gasteiger charge is 2.41. The molecule has 2 saturated heterocycles. The van der Waals surface area contributed by atoms with E-state index in [0.717, 1.165) is 25.9 Å². The van der Waals surface area contributed by atoms with E-state index >= 15 is 0 Å². The van der Waals surface area contributed by atoms with Gasteiger partial charge in [-0.05, 0) is 24.7 Å². The predicted octanol–water partition coefficient (Wildman–Crippen LogP) is -0.970. The van der Waals surface area contributed by atoms with Crippen LogP contribution in [0.4, 0.5) is 0 Å². The summed E-state index contributed by atoms with van der Waals surface area (Å²) < 4.78 is 0. The number of hydrogen-bond donors (Lipinski definition) is 4. The van der Waals surface area contributed by atoms with Gasteiger partial charge in [0.25, 0.3) is 0 Å². The van der Waals surface area contributed by atoms with Crippen LogP contribution in [0.1, 0.15) is 33.1 Å². The van der Waals surface area contributed by atoms with Crippen molar-refractivity contribution in [1.82, 2.24) is 9.80 Å². The number of carbonyl (C=O) groups excluding carboxylic acids is 1. The van der Waals surface area contributed by atoms with Gasteiger partial charge in [0, 0.05) is 32.6 Å². The Morgan fingerprint density at radius 1 is 1.12 bits per heavy atom. The van der Waals surface area contributed by atoms with Crippen molar-refractivity contribution in [2.24, 2.45) is 11.8 Å². The molecule has 0 aromatic heterocycles. The predicted molar refractivity (Wildman–Crippen MR) is 89.2 cm³/mol. The number of piperidine rings is 2. The molecule has 0 aromatic carbocycles. The number of aliphatic hydroxyl groups excluding tert-OH is 4. The van der Waals surface area contributed by atoms with Gasteiger partial charge in [-0.15, -0.1) is 0 Å². The second-order valence-corrected chi connectivity index (χ2v) is 7.67. The summed E-state index contributed by atoms with van der Waals surface area (Å²) in [6.07, 6.45) is -1.02. The third-order valence-corrected chi connectivity index (χ3v) is 5.26. The second kappa shape index (κ2) is 8.58. The maximum absolute atomic E-state index is 12.1.